The zero-order valence-electron chi connectivity index (χ0n) is 20.8. The maximum absolute atomic E-state index is 11.0. The van der Waals surface area contributed by atoms with E-state index in [1.165, 1.54) is 10.0 Å². The highest BCUT2D eigenvalue weighted by Crippen LogP contribution is 2.29. The molecule has 0 amide bonds. The van der Waals surface area contributed by atoms with Gasteiger partial charge in [0.25, 0.3) is 0 Å². The molecule has 0 aliphatic rings. The zero-order chi connectivity index (χ0) is 27.3. The molecular formula is C28H25N5O5. The first-order valence-corrected chi connectivity index (χ1v) is 11.3. The van der Waals surface area contributed by atoms with E-state index in [-0.39, 0.29) is 6.61 Å². The second kappa shape index (κ2) is 13.7. The number of hydrogen-bond donors (Lipinski definition) is 1. The normalized spacial score (nSPS) is 9.74. The van der Waals surface area contributed by atoms with Gasteiger partial charge in [0, 0.05) is 0 Å². The quantitative estimate of drug-likeness (QED) is 0.202. The Labute approximate surface area is 219 Å². The highest BCUT2D eigenvalue weighted by molar-refractivity contribution is 5.64. The molecule has 0 saturated heterocycles. The van der Waals surface area contributed by atoms with Gasteiger partial charge in [0.15, 0.2) is 0 Å². The molecule has 192 valence electrons. The Balaban J connectivity index is 0.000000211. The molecule has 0 aromatic heterocycles. The molecule has 4 aromatic rings. The molecule has 0 fully saturated rings. The highest BCUT2D eigenvalue weighted by atomic mass is 16.5. The van der Waals surface area contributed by atoms with E-state index in [1.54, 1.807) is 111 Å². The van der Waals surface area contributed by atoms with E-state index in [1.807, 2.05) is 6.07 Å². The second-order valence-corrected chi connectivity index (χ2v) is 7.67. The van der Waals surface area contributed by atoms with Crippen LogP contribution in [0.2, 0.25) is 0 Å². The van der Waals surface area contributed by atoms with E-state index in [4.69, 9.17) is 19.8 Å². The minimum absolute atomic E-state index is 0.0304. The van der Waals surface area contributed by atoms with Crippen LogP contribution in [0.5, 0.6) is 11.5 Å². The Morgan fingerprint density at radius 1 is 0.658 bits per heavy atom. The summed E-state index contributed by atoms with van der Waals surface area (Å²) in [5, 5.41) is 26.3. The van der Waals surface area contributed by atoms with Crippen LogP contribution in [0.1, 0.15) is 11.1 Å². The lowest BCUT2D eigenvalue weighted by atomic mass is 10.2. The minimum atomic E-state index is -0.0304. The van der Waals surface area contributed by atoms with Crippen LogP contribution >= 0.6 is 0 Å². The Morgan fingerprint density at radius 2 is 1.00 bits per heavy atom. The van der Waals surface area contributed by atoms with Crippen LogP contribution in [0.4, 0.5) is 22.7 Å². The maximum atomic E-state index is 11.0. The number of nitroso groups, excluding NO2 is 2. The van der Waals surface area contributed by atoms with Gasteiger partial charge in [-0.15, -0.1) is 9.81 Å². The number of ether oxygens (including phenoxy) is 2. The van der Waals surface area contributed by atoms with Crippen LogP contribution < -0.4 is 19.5 Å². The van der Waals surface area contributed by atoms with E-state index < -0.39 is 0 Å². The predicted molar refractivity (Wildman–Crippen MR) is 145 cm³/mol. The summed E-state index contributed by atoms with van der Waals surface area (Å²) in [6, 6.07) is 29.6. The van der Waals surface area contributed by atoms with Crippen LogP contribution in [0.15, 0.2) is 108 Å². The van der Waals surface area contributed by atoms with E-state index in [2.05, 4.69) is 10.6 Å². The van der Waals surface area contributed by atoms with Crippen molar-refractivity contribution in [2.75, 3.05) is 24.2 Å². The van der Waals surface area contributed by atoms with E-state index in [0.29, 0.717) is 39.8 Å². The first-order valence-electron chi connectivity index (χ1n) is 11.3. The Hall–Kier alpha value is -5.27. The monoisotopic (exact) mass is 511 g/mol. The average Bonchev–Trinajstić information content (AvgIpc) is 2.99. The van der Waals surface area contributed by atoms with Gasteiger partial charge < -0.3 is 14.6 Å². The van der Waals surface area contributed by atoms with E-state index >= 15 is 0 Å². The zero-order valence-corrected chi connectivity index (χ0v) is 20.8. The highest BCUT2D eigenvalue weighted by Gasteiger charge is 2.11. The number of rotatable bonds is 9. The van der Waals surface area contributed by atoms with Crippen molar-refractivity contribution in [1.82, 2.24) is 0 Å². The third-order valence-corrected chi connectivity index (χ3v) is 5.40. The Morgan fingerprint density at radius 3 is 1.29 bits per heavy atom. The summed E-state index contributed by atoms with van der Waals surface area (Å²) in [6.07, 6.45) is 0. The molecule has 4 aromatic carbocycles. The molecule has 1 N–H and O–H groups in total. The third-order valence-electron chi connectivity index (χ3n) is 5.40. The summed E-state index contributed by atoms with van der Waals surface area (Å²) in [5.74, 6) is 1.42. The van der Waals surface area contributed by atoms with Crippen molar-refractivity contribution in [3.63, 3.8) is 0 Å². The number of anilines is 4. The average molecular weight is 512 g/mol. The molecule has 0 saturated carbocycles. The molecule has 38 heavy (non-hydrogen) atoms. The van der Waals surface area contributed by atoms with Gasteiger partial charge in [-0.25, -0.2) is 0 Å². The molecule has 0 bridgehead atoms. The fourth-order valence-corrected chi connectivity index (χ4v) is 3.35. The van der Waals surface area contributed by atoms with Crippen molar-refractivity contribution in [3.05, 3.63) is 118 Å². The van der Waals surface area contributed by atoms with E-state index in [0.717, 1.165) is 5.56 Å². The van der Waals surface area contributed by atoms with Gasteiger partial charge in [0.1, 0.15) is 11.5 Å². The fraction of sp³-hybridized carbons (Fsp3) is 0.107. The van der Waals surface area contributed by atoms with Gasteiger partial charge in [0.05, 0.1) is 65.8 Å². The largest absolute Gasteiger partial charge is 0.497 e. The summed E-state index contributed by atoms with van der Waals surface area (Å²) >= 11 is 0. The minimum Gasteiger partial charge on any atom is -0.497 e. The van der Waals surface area contributed by atoms with Crippen LogP contribution in [0, 0.1) is 21.1 Å². The van der Waals surface area contributed by atoms with Crippen molar-refractivity contribution in [2.24, 2.45) is 10.6 Å². The number of nitrogens with zero attached hydrogens (tertiary/aromatic N) is 5. The summed E-state index contributed by atoms with van der Waals surface area (Å²) < 4.78 is 10.1. The van der Waals surface area contributed by atoms with Crippen LogP contribution in [-0.4, -0.2) is 19.3 Å². The van der Waals surface area contributed by atoms with Gasteiger partial charge >= 0.3 is 0 Å². The molecule has 0 atom stereocenters. The van der Waals surface area contributed by atoms with Gasteiger partial charge in [-0.05, 0) is 90.5 Å². The molecular weight excluding hydrogens is 486 g/mol. The number of benzene rings is 4. The van der Waals surface area contributed by atoms with E-state index in [9.17, 15) is 9.81 Å². The van der Waals surface area contributed by atoms with Crippen LogP contribution in [0.25, 0.3) is 0 Å². The second-order valence-electron chi connectivity index (χ2n) is 7.67. The number of nitriles is 1. The number of methoxy groups -OCH3 is 2. The molecule has 0 aliphatic heterocycles. The summed E-state index contributed by atoms with van der Waals surface area (Å²) in [6.45, 7) is -0.0304. The van der Waals surface area contributed by atoms with Crippen molar-refractivity contribution in [2.45, 2.75) is 6.61 Å². The standard InChI is InChI=1S/C14H11N3O2.C14H14N2O3/c1-19-14-8-6-13(7-9-14)17(16-18)12-4-2-11(10-15)3-5-12;1-19-14-8-6-13(7-9-14)16(15-18)12-4-2-11(10-17)3-5-12/h2-9H,1H3;2-9,17H,10H2,1H3. The van der Waals surface area contributed by atoms with Gasteiger partial charge in [0.2, 0.25) is 0 Å². The number of hydrogen-bond acceptors (Lipinski definition) is 8. The van der Waals surface area contributed by atoms with Crippen LogP contribution in [-0.2, 0) is 6.61 Å². The first kappa shape index (κ1) is 27.3. The topological polar surface area (TPSA) is 128 Å². The van der Waals surface area contributed by atoms with Crippen molar-refractivity contribution < 1.29 is 14.6 Å². The molecule has 0 spiro atoms. The third kappa shape index (κ3) is 6.90. The lowest BCUT2D eigenvalue weighted by Crippen LogP contribution is -2.07. The van der Waals surface area contributed by atoms with Gasteiger partial charge in [-0.3, -0.25) is 0 Å². The number of aliphatic hydroxyl groups is 1. The van der Waals surface area contributed by atoms with Gasteiger partial charge in [-0.2, -0.15) is 15.3 Å². The fourth-order valence-electron chi connectivity index (χ4n) is 3.35. The lowest BCUT2D eigenvalue weighted by molar-refractivity contribution is 0.282. The Bertz CT molecular complexity index is 1310. The Kier molecular flexibility index (Phi) is 9.86. The molecule has 4 rings (SSSR count). The molecule has 0 radical (unpaired) electrons. The SMILES string of the molecule is COc1ccc(N(N=O)c2ccc(C#N)cc2)cc1.COc1ccc(N(N=O)c2ccc(CO)cc2)cc1. The molecule has 0 heterocycles. The van der Waals surface area contributed by atoms with Gasteiger partial charge in [-0.1, -0.05) is 12.1 Å². The first-order chi connectivity index (χ1) is 18.6. The summed E-state index contributed by atoms with van der Waals surface area (Å²) in [7, 11) is 3.16. The van der Waals surface area contributed by atoms with Crippen LogP contribution in [0.3, 0.4) is 0 Å². The smallest absolute Gasteiger partial charge is 0.119 e. The van der Waals surface area contributed by atoms with Crippen molar-refractivity contribution in [1.29, 1.82) is 5.26 Å². The summed E-state index contributed by atoms with van der Waals surface area (Å²) in [5.41, 5.74) is 3.82. The molecule has 0 aliphatic carbocycles. The predicted octanol–water partition coefficient (Wildman–Crippen LogP) is 6.39. The lowest BCUT2D eigenvalue weighted by Gasteiger charge is -2.15. The maximum Gasteiger partial charge on any atom is 0.119 e. The summed E-state index contributed by atoms with van der Waals surface area (Å²) in [4.78, 5) is 22.0. The molecule has 0 unspecified atom stereocenters. The van der Waals surface area contributed by atoms with Crippen molar-refractivity contribution in [3.8, 4) is 17.6 Å². The molecule has 10 nitrogen and oxygen atoms in total. The van der Waals surface area contributed by atoms with Crippen molar-refractivity contribution >= 4 is 22.7 Å². The molecule has 10 heteroatoms. The number of aliphatic hydroxyl groups excluding tert-OH is 1.